The van der Waals surface area contributed by atoms with Crippen LogP contribution in [0.3, 0.4) is 0 Å². The normalized spacial score (nSPS) is 11.4. The van der Waals surface area contributed by atoms with Crippen molar-refractivity contribution in [1.82, 2.24) is 5.32 Å². The number of ether oxygens (including phenoxy) is 2. The molecule has 26 heavy (non-hydrogen) atoms. The fourth-order valence-electron chi connectivity index (χ4n) is 2.48. The Labute approximate surface area is 153 Å². The number of carbonyl (C=O) groups excluding carboxylic acids is 2. The van der Waals surface area contributed by atoms with E-state index in [0.29, 0.717) is 17.2 Å². The molecule has 2 aromatic carbocycles. The maximum absolute atomic E-state index is 12.2. The van der Waals surface area contributed by atoms with E-state index < -0.39 is 11.8 Å². The van der Waals surface area contributed by atoms with Gasteiger partial charge in [0.25, 0.3) is 0 Å². The van der Waals surface area contributed by atoms with E-state index in [2.05, 4.69) is 17.6 Å². The van der Waals surface area contributed by atoms with Crippen LogP contribution in [0.1, 0.15) is 31.0 Å². The highest BCUT2D eigenvalue weighted by molar-refractivity contribution is 6.39. The summed E-state index contributed by atoms with van der Waals surface area (Å²) in [6, 6.07) is 12.6. The van der Waals surface area contributed by atoms with Crippen molar-refractivity contribution in [1.29, 1.82) is 0 Å². The largest absolute Gasteiger partial charge is 0.497 e. The SMILES string of the molecule is CCc1ccc(C(C)NC(=O)C(=O)Nc2cc(OC)ccc2OC)cc1. The van der Waals surface area contributed by atoms with Crippen LogP contribution in [0.15, 0.2) is 42.5 Å². The number of anilines is 1. The number of hydrogen-bond donors (Lipinski definition) is 2. The topological polar surface area (TPSA) is 76.7 Å². The molecule has 1 unspecified atom stereocenters. The Bertz CT molecular complexity index is 772. The van der Waals surface area contributed by atoms with Gasteiger partial charge in [-0.15, -0.1) is 0 Å². The molecule has 0 spiro atoms. The Morgan fingerprint density at radius 3 is 2.27 bits per heavy atom. The molecule has 0 saturated heterocycles. The summed E-state index contributed by atoms with van der Waals surface area (Å²) in [7, 11) is 3.01. The second-order valence-corrected chi connectivity index (χ2v) is 5.81. The molecule has 2 amide bonds. The second-order valence-electron chi connectivity index (χ2n) is 5.81. The van der Waals surface area contributed by atoms with Gasteiger partial charge in [-0.2, -0.15) is 0 Å². The molecule has 6 nitrogen and oxygen atoms in total. The smallest absolute Gasteiger partial charge is 0.313 e. The van der Waals surface area contributed by atoms with E-state index in [-0.39, 0.29) is 6.04 Å². The molecule has 2 N–H and O–H groups in total. The highest BCUT2D eigenvalue weighted by Gasteiger charge is 2.19. The van der Waals surface area contributed by atoms with Gasteiger partial charge in [0, 0.05) is 6.07 Å². The van der Waals surface area contributed by atoms with Gasteiger partial charge in [0.1, 0.15) is 11.5 Å². The maximum Gasteiger partial charge on any atom is 0.313 e. The zero-order valence-electron chi connectivity index (χ0n) is 15.5. The van der Waals surface area contributed by atoms with Gasteiger partial charge in [-0.1, -0.05) is 31.2 Å². The maximum atomic E-state index is 12.2. The molecule has 0 aliphatic rings. The van der Waals surface area contributed by atoms with E-state index >= 15 is 0 Å². The van der Waals surface area contributed by atoms with E-state index in [1.807, 2.05) is 31.2 Å². The minimum atomic E-state index is -0.770. The molecule has 2 rings (SSSR count). The van der Waals surface area contributed by atoms with E-state index in [0.717, 1.165) is 12.0 Å². The summed E-state index contributed by atoms with van der Waals surface area (Å²) in [5.41, 5.74) is 2.52. The van der Waals surface area contributed by atoms with Crippen molar-refractivity contribution in [3.8, 4) is 11.5 Å². The minimum Gasteiger partial charge on any atom is -0.497 e. The Hall–Kier alpha value is -3.02. The van der Waals surface area contributed by atoms with Crippen LogP contribution in [-0.2, 0) is 16.0 Å². The average molecular weight is 356 g/mol. The highest BCUT2D eigenvalue weighted by atomic mass is 16.5. The third-order valence-electron chi connectivity index (χ3n) is 4.10. The van der Waals surface area contributed by atoms with Crippen molar-refractivity contribution in [2.45, 2.75) is 26.3 Å². The van der Waals surface area contributed by atoms with Gasteiger partial charge >= 0.3 is 11.8 Å². The lowest BCUT2D eigenvalue weighted by Gasteiger charge is -2.15. The molecular formula is C20H24N2O4. The van der Waals surface area contributed by atoms with Crippen LogP contribution in [0.5, 0.6) is 11.5 Å². The lowest BCUT2D eigenvalue weighted by molar-refractivity contribution is -0.136. The molecule has 0 saturated carbocycles. The Balaban J connectivity index is 2.04. The fraction of sp³-hybridized carbons (Fsp3) is 0.300. The van der Waals surface area contributed by atoms with Gasteiger partial charge in [-0.05, 0) is 36.6 Å². The number of nitrogens with one attached hydrogen (secondary N) is 2. The lowest BCUT2D eigenvalue weighted by Crippen LogP contribution is -2.37. The minimum absolute atomic E-state index is 0.286. The van der Waals surface area contributed by atoms with E-state index in [4.69, 9.17) is 9.47 Å². The lowest BCUT2D eigenvalue weighted by atomic mass is 10.1. The molecule has 0 aromatic heterocycles. The monoisotopic (exact) mass is 356 g/mol. The van der Waals surface area contributed by atoms with Crippen LogP contribution in [0.25, 0.3) is 0 Å². The van der Waals surface area contributed by atoms with Crippen LogP contribution in [0, 0.1) is 0 Å². The van der Waals surface area contributed by atoms with Gasteiger partial charge in [-0.25, -0.2) is 0 Å². The van der Waals surface area contributed by atoms with Crippen molar-refractivity contribution in [2.75, 3.05) is 19.5 Å². The molecular weight excluding hydrogens is 332 g/mol. The summed E-state index contributed by atoms with van der Waals surface area (Å²) in [6.07, 6.45) is 0.950. The first-order valence-electron chi connectivity index (χ1n) is 8.41. The predicted molar refractivity (Wildman–Crippen MR) is 101 cm³/mol. The molecule has 0 radical (unpaired) electrons. The van der Waals surface area contributed by atoms with Crippen molar-refractivity contribution >= 4 is 17.5 Å². The van der Waals surface area contributed by atoms with E-state index in [1.54, 1.807) is 18.2 Å². The van der Waals surface area contributed by atoms with Gasteiger partial charge in [0.2, 0.25) is 0 Å². The molecule has 1 atom stereocenters. The van der Waals surface area contributed by atoms with Crippen LogP contribution in [0.2, 0.25) is 0 Å². The fourth-order valence-corrected chi connectivity index (χ4v) is 2.48. The van der Waals surface area contributed by atoms with Gasteiger partial charge in [0.15, 0.2) is 0 Å². The number of rotatable bonds is 6. The van der Waals surface area contributed by atoms with Crippen LogP contribution in [-0.4, -0.2) is 26.0 Å². The van der Waals surface area contributed by atoms with Gasteiger partial charge in [-0.3, -0.25) is 9.59 Å². The van der Waals surface area contributed by atoms with Crippen LogP contribution >= 0.6 is 0 Å². The number of benzene rings is 2. The Kier molecular flexibility index (Phi) is 6.60. The molecule has 138 valence electrons. The van der Waals surface area contributed by atoms with Crippen molar-refractivity contribution < 1.29 is 19.1 Å². The zero-order valence-corrected chi connectivity index (χ0v) is 15.5. The summed E-state index contributed by atoms with van der Waals surface area (Å²) < 4.78 is 10.3. The summed E-state index contributed by atoms with van der Waals surface area (Å²) in [4.78, 5) is 24.4. The molecule has 0 bridgehead atoms. The second kappa shape index (κ2) is 8.89. The average Bonchev–Trinajstić information content (AvgIpc) is 2.67. The first-order valence-corrected chi connectivity index (χ1v) is 8.41. The van der Waals surface area contributed by atoms with Gasteiger partial charge < -0.3 is 20.1 Å². The third kappa shape index (κ3) is 4.75. The zero-order chi connectivity index (χ0) is 19.1. The quantitative estimate of drug-likeness (QED) is 0.780. The summed E-state index contributed by atoms with van der Waals surface area (Å²) >= 11 is 0. The van der Waals surface area contributed by atoms with Crippen molar-refractivity contribution in [2.24, 2.45) is 0 Å². The number of amides is 2. The number of hydrogen-bond acceptors (Lipinski definition) is 4. The van der Waals surface area contributed by atoms with Crippen LogP contribution < -0.4 is 20.1 Å². The number of carbonyl (C=O) groups is 2. The molecule has 0 aliphatic heterocycles. The molecule has 0 heterocycles. The van der Waals surface area contributed by atoms with E-state index in [1.165, 1.54) is 19.8 Å². The predicted octanol–water partition coefficient (Wildman–Crippen LogP) is 3.08. The molecule has 6 heteroatoms. The highest BCUT2D eigenvalue weighted by Crippen LogP contribution is 2.28. The van der Waals surface area contributed by atoms with E-state index in [9.17, 15) is 9.59 Å². The summed E-state index contributed by atoms with van der Waals surface area (Å²) in [5.74, 6) is -0.503. The number of methoxy groups -OCH3 is 2. The third-order valence-corrected chi connectivity index (χ3v) is 4.10. The molecule has 2 aromatic rings. The van der Waals surface area contributed by atoms with Crippen molar-refractivity contribution in [3.05, 3.63) is 53.6 Å². The van der Waals surface area contributed by atoms with Crippen molar-refractivity contribution in [3.63, 3.8) is 0 Å². The number of aryl methyl sites for hydroxylation is 1. The Morgan fingerprint density at radius 2 is 1.69 bits per heavy atom. The van der Waals surface area contributed by atoms with Gasteiger partial charge in [0.05, 0.1) is 25.9 Å². The first kappa shape index (κ1) is 19.3. The van der Waals surface area contributed by atoms with Crippen LogP contribution in [0.4, 0.5) is 5.69 Å². The first-order chi connectivity index (χ1) is 12.5. The standard InChI is InChI=1S/C20H24N2O4/c1-5-14-6-8-15(9-7-14)13(2)21-19(23)20(24)22-17-12-16(25-3)10-11-18(17)26-4/h6-13H,5H2,1-4H3,(H,21,23)(H,22,24). The Morgan fingerprint density at radius 1 is 1.00 bits per heavy atom. The molecule has 0 fully saturated rings. The summed E-state index contributed by atoms with van der Waals surface area (Å²) in [5, 5.41) is 5.25. The summed E-state index contributed by atoms with van der Waals surface area (Å²) in [6.45, 7) is 3.91. The molecule has 0 aliphatic carbocycles.